The summed E-state index contributed by atoms with van der Waals surface area (Å²) in [5.74, 6) is 0. The zero-order chi connectivity index (χ0) is 15.1. The Labute approximate surface area is 124 Å². The molecule has 3 heteroatoms. The minimum absolute atomic E-state index is 0.758. The third-order valence-electron chi connectivity index (χ3n) is 2.92. The topological polar surface area (TPSA) is 33.0 Å². The van der Waals surface area contributed by atoms with Gasteiger partial charge in [0.25, 0.3) is 0 Å². The van der Waals surface area contributed by atoms with Crippen molar-refractivity contribution in [3.05, 3.63) is 42.0 Å². The van der Waals surface area contributed by atoms with Crippen molar-refractivity contribution >= 4 is 14.4 Å². The monoisotopic (exact) mass is 287 g/mol. The maximum absolute atomic E-state index is 9.64. The Balaban J connectivity index is 2.97. The van der Waals surface area contributed by atoms with E-state index in [1.165, 1.54) is 0 Å². The molecule has 108 valence electrons. The van der Waals surface area contributed by atoms with Gasteiger partial charge in [0.2, 0.25) is 0 Å². The third kappa shape index (κ3) is 5.73. The van der Waals surface area contributed by atoms with E-state index < -0.39 is 13.9 Å². The first-order valence-electron chi connectivity index (χ1n) is 7.26. The summed E-state index contributed by atoms with van der Waals surface area (Å²) in [6.07, 6.45) is 6.76. The summed E-state index contributed by atoms with van der Waals surface area (Å²) in [5, 5.41) is 9.64. The Morgan fingerprint density at radius 3 is 2.40 bits per heavy atom. The van der Waals surface area contributed by atoms with Crippen LogP contribution < -0.4 is 0 Å². The molecule has 1 aromatic rings. The molecule has 1 rings (SSSR count). The van der Waals surface area contributed by atoms with Gasteiger partial charge in [-0.3, -0.25) is 0 Å². The Kier molecular flexibility index (Phi) is 6.19. The molecule has 0 spiro atoms. The standard InChI is InChI=1S/C17H25NOSi/c1-5-6-13-17(15-18,19-20(2,3)4)14-12-16-10-8-7-9-11-16/h7-12,14H,5-6,13H2,1-4H3/b14-12+. The van der Waals surface area contributed by atoms with Crippen molar-refractivity contribution in [2.45, 2.75) is 51.4 Å². The molecular formula is C17H25NOSi. The lowest BCUT2D eigenvalue weighted by Crippen LogP contribution is -2.40. The molecule has 1 unspecified atom stereocenters. The van der Waals surface area contributed by atoms with Gasteiger partial charge in [-0.2, -0.15) is 5.26 Å². The lowest BCUT2D eigenvalue weighted by atomic mass is 9.97. The van der Waals surface area contributed by atoms with Crippen LogP contribution in [0.1, 0.15) is 31.7 Å². The fourth-order valence-corrected chi connectivity index (χ4v) is 3.37. The molecule has 0 heterocycles. The van der Waals surface area contributed by atoms with E-state index in [1.54, 1.807) is 0 Å². The number of hydrogen-bond acceptors (Lipinski definition) is 2. The lowest BCUT2D eigenvalue weighted by Gasteiger charge is -2.31. The zero-order valence-electron chi connectivity index (χ0n) is 13.0. The van der Waals surface area contributed by atoms with Gasteiger partial charge < -0.3 is 4.43 Å². The number of rotatable bonds is 7. The van der Waals surface area contributed by atoms with Crippen molar-refractivity contribution in [1.29, 1.82) is 5.26 Å². The van der Waals surface area contributed by atoms with Crippen LogP contribution in [0.2, 0.25) is 19.6 Å². The van der Waals surface area contributed by atoms with Gasteiger partial charge in [-0.25, -0.2) is 0 Å². The minimum Gasteiger partial charge on any atom is -0.397 e. The van der Waals surface area contributed by atoms with Gasteiger partial charge in [0.1, 0.15) is 6.07 Å². The molecule has 0 saturated carbocycles. The Morgan fingerprint density at radius 1 is 1.25 bits per heavy atom. The summed E-state index contributed by atoms with van der Waals surface area (Å²) in [6, 6.07) is 12.5. The van der Waals surface area contributed by atoms with Crippen LogP contribution in [0.25, 0.3) is 6.08 Å². The summed E-state index contributed by atoms with van der Waals surface area (Å²) in [4.78, 5) is 0. The molecule has 0 saturated heterocycles. The number of unbranched alkanes of at least 4 members (excludes halogenated alkanes) is 1. The van der Waals surface area contributed by atoms with E-state index in [2.05, 4.69) is 32.6 Å². The van der Waals surface area contributed by atoms with Gasteiger partial charge in [-0.05, 0) is 44.1 Å². The van der Waals surface area contributed by atoms with E-state index in [9.17, 15) is 5.26 Å². The highest BCUT2D eigenvalue weighted by atomic mass is 28.4. The smallest absolute Gasteiger partial charge is 0.186 e. The number of benzene rings is 1. The van der Waals surface area contributed by atoms with Crippen LogP contribution in [-0.4, -0.2) is 13.9 Å². The molecule has 0 bridgehead atoms. The first kappa shape index (κ1) is 16.7. The Hall–Kier alpha value is -1.37. The molecule has 0 fully saturated rings. The van der Waals surface area contributed by atoms with E-state index in [1.807, 2.05) is 42.5 Å². The molecule has 0 aromatic heterocycles. The molecule has 0 aliphatic heterocycles. The summed E-state index contributed by atoms with van der Waals surface area (Å²) >= 11 is 0. The summed E-state index contributed by atoms with van der Waals surface area (Å²) in [5.41, 5.74) is 0.318. The number of nitrogens with zero attached hydrogens (tertiary/aromatic N) is 1. The van der Waals surface area contributed by atoms with Crippen molar-refractivity contribution in [1.82, 2.24) is 0 Å². The maximum Gasteiger partial charge on any atom is 0.186 e. The van der Waals surface area contributed by atoms with E-state index in [4.69, 9.17) is 4.43 Å². The van der Waals surface area contributed by atoms with E-state index in [0.717, 1.165) is 24.8 Å². The fourth-order valence-electron chi connectivity index (χ4n) is 2.07. The van der Waals surface area contributed by atoms with Gasteiger partial charge in [0.15, 0.2) is 13.9 Å². The van der Waals surface area contributed by atoms with Crippen LogP contribution in [0.4, 0.5) is 0 Å². The van der Waals surface area contributed by atoms with Crippen molar-refractivity contribution in [2.24, 2.45) is 0 Å². The molecule has 0 aliphatic carbocycles. The average molecular weight is 287 g/mol. The predicted molar refractivity (Wildman–Crippen MR) is 87.8 cm³/mol. The van der Waals surface area contributed by atoms with Gasteiger partial charge in [-0.15, -0.1) is 0 Å². The van der Waals surface area contributed by atoms with Crippen molar-refractivity contribution in [3.8, 4) is 6.07 Å². The Bertz CT molecular complexity index is 470. The minimum atomic E-state index is -1.78. The molecule has 0 N–H and O–H groups in total. The second-order valence-electron chi connectivity index (χ2n) is 6.06. The number of nitriles is 1. The Morgan fingerprint density at radius 2 is 1.90 bits per heavy atom. The second kappa shape index (κ2) is 7.42. The third-order valence-corrected chi connectivity index (χ3v) is 3.90. The van der Waals surface area contributed by atoms with Crippen LogP contribution in [-0.2, 0) is 4.43 Å². The first-order chi connectivity index (χ1) is 9.41. The van der Waals surface area contributed by atoms with Crippen LogP contribution >= 0.6 is 0 Å². The number of hydrogen-bond donors (Lipinski definition) is 0. The van der Waals surface area contributed by atoms with Gasteiger partial charge in [0.05, 0.1) is 0 Å². The molecule has 20 heavy (non-hydrogen) atoms. The van der Waals surface area contributed by atoms with Crippen molar-refractivity contribution < 1.29 is 4.43 Å². The van der Waals surface area contributed by atoms with Crippen LogP contribution in [0.3, 0.4) is 0 Å². The highest BCUT2D eigenvalue weighted by Crippen LogP contribution is 2.26. The summed E-state index contributed by atoms with van der Waals surface area (Å²) in [7, 11) is -1.78. The highest BCUT2D eigenvalue weighted by Gasteiger charge is 2.33. The van der Waals surface area contributed by atoms with Gasteiger partial charge >= 0.3 is 0 Å². The normalized spacial score (nSPS) is 14.9. The molecule has 1 atom stereocenters. The summed E-state index contributed by atoms with van der Waals surface area (Å²) in [6.45, 7) is 8.52. The largest absolute Gasteiger partial charge is 0.397 e. The lowest BCUT2D eigenvalue weighted by molar-refractivity contribution is 0.158. The molecule has 0 amide bonds. The van der Waals surface area contributed by atoms with Crippen molar-refractivity contribution in [2.75, 3.05) is 0 Å². The van der Waals surface area contributed by atoms with Gasteiger partial charge in [-0.1, -0.05) is 49.8 Å². The zero-order valence-corrected chi connectivity index (χ0v) is 14.0. The van der Waals surface area contributed by atoms with Gasteiger partial charge in [0, 0.05) is 0 Å². The average Bonchev–Trinajstić information content (AvgIpc) is 2.42. The molecular weight excluding hydrogens is 262 g/mol. The van der Waals surface area contributed by atoms with Crippen LogP contribution in [0.5, 0.6) is 0 Å². The quantitative estimate of drug-likeness (QED) is 0.661. The van der Waals surface area contributed by atoms with E-state index >= 15 is 0 Å². The summed E-state index contributed by atoms with van der Waals surface area (Å²) < 4.78 is 6.19. The maximum atomic E-state index is 9.64. The molecule has 0 radical (unpaired) electrons. The van der Waals surface area contributed by atoms with E-state index in [-0.39, 0.29) is 0 Å². The highest BCUT2D eigenvalue weighted by molar-refractivity contribution is 6.69. The predicted octanol–water partition coefficient (Wildman–Crippen LogP) is 5.00. The molecule has 2 nitrogen and oxygen atoms in total. The van der Waals surface area contributed by atoms with E-state index in [0.29, 0.717) is 0 Å². The molecule has 1 aromatic carbocycles. The molecule has 0 aliphatic rings. The SMILES string of the molecule is CCCCC(C#N)(/C=C/c1ccccc1)O[Si](C)(C)C. The van der Waals surface area contributed by atoms with Crippen molar-refractivity contribution in [3.63, 3.8) is 0 Å². The second-order valence-corrected chi connectivity index (χ2v) is 10.5. The first-order valence-corrected chi connectivity index (χ1v) is 10.7. The fraction of sp³-hybridized carbons (Fsp3) is 0.471. The van der Waals surface area contributed by atoms with Crippen LogP contribution in [0.15, 0.2) is 36.4 Å². The van der Waals surface area contributed by atoms with Crippen LogP contribution in [0, 0.1) is 11.3 Å².